The molecule has 0 bridgehead atoms. The fourth-order valence-corrected chi connectivity index (χ4v) is 2.70. The number of hydrogen-bond donors (Lipinski definition) is 1. The van der Waals surface area contributed by atoms with Crippen LogP contribution in [-0.4, -0.2) is 33.9 Å². The molecule has 1 saturated heterocycles. The van der Waals surface area contributed by atoms with Crippen LogP contribution in [0.5, 0.6) is 0 Å². The molecule has 1 aliphatic heterocycles. The standard InChI is InChI=1S/C15H17N5O/c16-15(21)13-5-1-4-12(19-13)11-3-2-8-20(10-11)14-9-17-6-7-18-14/h1,4-7,9,11H,2-3,8,10H2,(H2,16,21). The first-order chi connectivity index (χ1) is 10.2. The van der Waals surface area contributed by atoms with Gasteiger partial charge < -0.3 is 10.6 Å². The molecule has 0 saturated carbocycles. The number of nitrogens with zero attached hydrogens (tertiary/aromatic N) is 4. The summed E-state index contributed by atoms with van der Waals surface area (Å²) in [7, 11) is 0. The first-order valence-electron chi connectivity index (χ1n) is 7.02. The van der Waals surface area contributed by atoms with Crippen LogP contribution in [-0.2, 0) is 0 Å². The van der Waals surface area contributed by atoms with Gasteiger partial charge in [0.15, 0.2) is 0 Å². The van der Waals surface area contributed by atoms with Gasteiger partial charge >= 0.3 is 0 Å². The zero-order valence-corrected chi connectivity index (χ0v) is 11.6. The number of hydrogen-bond acceptors (Lipinski definition) is 5. The zero-order chi connectivity index (χ0) is 14.7. The Balaban J connectivity index is 1.80. The van der Waals surface area contributed by atoms with Crippen LogP contribution in [0.25, 0.3) is 0 Å². The van der Waals surface area contributed by atoms with E-state index in [2.05, 4.69) is 19.9 Å². The Morgan fingerprint density at radius 1 is 1.33 bits per heavy atom. The largest absolute Gasteiger partial charge is 0.364 e. The third-order valence-electron chi connectivity index (χ3n) is 3.74. The number of carbonyl (C=O) groups is 1. The zero-order valence-electron chi connectivity index (χ0n) is 11.6. The minimum absolute atomic E-state index is 0.278. The molecule has 6 heteroatoms. The second-order valence-corrected chi connectivity index (χ2v) is 5.16. The fourth-order valence-electron chi connectivity index (χ4n) is 2.70. The molecule has 0 aliphatic carbocycles. The van der Waals surface area contributed by atoms with Crippen LogP contribution in [0.3, 0.4) is 0 Å². The van der Waals surface area contributed by atoms with E-state index in [0.29, 0.717) is 5.69 Å². The van der Waals surface area contributed by atoms with Crippen molar-refractivity contribution in [2.24, 2.45) is 5.73 Å². The number of carbonyl (C=O) groups excluding carboxylic acids is 1. The molecule has 0 radical (unpaired) electrons. The predicted octanol–water partition coefficient (Wildman–Crippen LogP) is 1.35. The summed E-state index contributed by atoms with van der Waals surface area (Å²) in [4.78, 5) is 26.3. The van der Waals surface area contributed by atoms with E-state index in [0.717, 1.165) is 37.4 Å². The average molecular weight is 283 g/mol. The maximum atomic E-state index is 11.3. The van der Waals surface area contributed by atoms with Gasteiger partial charge in [-0.1, -0.05) is 6.07 Å². The molecule has 2 aromatic heterocycles. The van der Waals surface area contributed by atoms with Crippen molar-refractivity contribution in [2.75, 3.05) is 18.0 Å². The van der Waals surface area contributed by atoms with Crippen LogP contribution in [0.4, 0.5) is 5.82 Å². The third kappa shape index (κ3) is 2.99. The van der Waals surface area contributed by atoms with Crippen LogP contribution in [0.1, 0.15) is 34.9 Å². The lowest BCUT2D eigenvalue weighted by molar-refractivity contribution is 0.0995. The molecule has 1 fully saturated rings. The highest BCUT2D eigenvalue weighted by atomic mass is 16.1. The third-order valence-corrected chi connectivity index (χ3v) is 3.74. The molecule has 1 amide bonds. The van der Waals surface area contributed by atoms with E-state index in [1.54, 1.807) is 24.7 Å². The van der Waals surface area contributed by atoms with E-state index >= 15 is 0 Å². The minimum Gasteiger partial charge on any atom is -0.364 e. The Morgan fingerprint density at radius 2 is 2.24 bits per heavy atom. The topological polar surface area (TPSA) is 85.0 Å². The first kappa shape index (κ1) is 13.5. The van der Waals surface area contributed by atoms with Crippen molar-refractivity contribution >= 4 is 11.7 Å². The Morgan fingerprint density at radius 3 is 3.00 bits per heavy atom. The lowest BCUT2D eigenvalue weighted by Gasteiger charge is -2.33. The maximum absolute atomic E-state index is 11.3. The Bertz CT molecular complexity index is 631. The maximum Gasteiger partial charge on any atom is 0.267 e. The second-order valence-electron chi connectivity index (χ2n) is 5.16. The molecule has 108 valence electrons. The van der Waals surface area contributed by atoms with E-state index in [4.69, 9.17) is 5.73 Å². The highest BCUT2D eigenvalue weighted by molar-refractivity contribution is 5.90. The highest BCUT2D eigenvalue weighted by Crippen LogP contribution is 2.27. The van der Waals surface area contributed by atoms with Gasteiger partial charge in [0.2, 0.25) is 0 Å². The Hall–Kier alpha value is -2.50. The van der Waals surface area contributed by atoms with Gasteiger partial charge in [-0.2, -0.15) is 0 Å². The van der Waals surface area contributed by atoms with Crippen molar-refractivity contribution in [3.8, 4) is 0 Å². The lowest BCUT2D eigenvalue weighted by Crippen LogP contribution is -2.35. The van der Waals surface area contributed by atoms with E-state index in [1.807, 2.05) is 12.1 Å². The summed E-state index contributed by atoms with van der Waals surface area (Å²) in [5.41, 5.74) is 6.54. The molecule has 0 spiro atoms. The molecular formula is C15H17N5O. The van der Waals surface area contributed by atoms with E-state index in [1.165, 1.54) is 0 Å². The van der Waals surface area contributed by atoms with Crippen LogP contribution in [0.15, 0.2) is 36.8 Å². The number of piperidine rings is 1. The molecule has 1 unspecified atom stereocenters. The molecule has 2 aromatic rings. The normalized spacial score (nSPS) is 18.5. The lowest BCUT2D eigenvalue weighted by atomic mass is 9.94. The second kappa shape index (κ2) is 5.87. The van der Waals surface area contributed by atoms with E-state index < -0.39 is 5.91 Å². The van der Waals surface area contributed by atoms with Crippen molar-refractivity contribution < 1.29 is 4.79 Å². The van der Waals surface area contributed by atoms with Gasteiger partial charge in [-0.25, -0.2) is 9.97 Å². The summed E-state index contributed by atoms with van der Waals surface area (Å²) < 4.78 is 0. The van der Waals surface area contributed by atoms with Gasteiger partial charge in [-0.15, -0.1) is 0 Å². The Labute approximate surface area is 123 Å². The van der Waals surface area contributed by atoms with Crippen molar-refractivity contribution in [1.29, 1.82) is 0 Å². The number of primary amides is 1. The first-order valence-corrected chi connectivity index (χ1v) is 7.02. The SMILES string of the molecule is NC(=O)c1cccc(C2CCCN(c3cnccn3)C2)n1. The number of aromatic nitrogens is 3. The van der Waals surface area contributed by atoms with E-state index in [-0.39, 0.29) is 5.92 Å². The number of rotatable bonds is 3. The van der Waals surface area contributed by atoms with Gasteiger partial charge in [0.25, 0.3) is 5.91 Å². The molecule has 21 heavy (non-hydrogen) atoms. The molecule has 3 rings (SSSR count). The molecule has 1 aliphatic rings. The Kier molecular flexibility index (Phi) is 3.77. The highest BCUT2D eigenvalue weighted by Gasteiger charge is 2.23. The van der Waals surface area contributed by atoms with Crippen LogP contribution >= 0.6 is 0 Å². The number of anilines is 1. The van der Waals surface area contributed by atoms with Gasteiger partial charge in [-0.05, 0) is 25.0 Å². The monoisotopic (exact) mass is 283 g/mol. The molecule has 6 nitrogen and oxygen atoms in total. The summed E-state index contributed by atoms with van der Waals surface area (Å²) in [5.74, 6) is 0.673. The quantitative estimate of drug-likeness (QED) is 0.919. The number of amides is 1. The summed E-state index contributed by atoms with van der Waals surface area (Å²) >= 11 is 0. The summed E-state index contributed by atoms with van der Waals surface area (Å²) in [5, 5.41) is 0. The smallest absolute Gasteiger partial charge is 0.267 e. The van der Waals surface area contributed by atoms with E-state index in [9.17, 15) is 4.79 Å². The molecule has 1 atom stereocenters. The van der Waals surface area contributed by atoms with Crippen LogP contribution < -0.4 is 10.6 Å². The summed E-state index contributed by atoms with van der Waals surface area (Å²) in [6.45, 7) is 1.79. The molecule has 0 aromatic carbocycles. The number of nitrogens with two attached hydrogens (primary N) is 1. The van der Waals surface area contributed by atoms with Gasteiger partial charge in [0.05, 0.1) is 6.20 Å². The van der Waals surface area contributed by atoms with Crippen LogP contribution in [0.2, 0.25) is 0 Å². The summed E-state index contributed by atoms with van der Waals surface area (Å²) in [6.07, 6.45) is 7.25. The van der Waals surface area contributed by atoms with Crippen molar-refractivity contribution in [2.45, 2.75) is 18.8 Å². The van der Waals surface area contributed by atoms with Crippen molar-refractivity contribution in [1.82, 2.24) is 15.0 Å². The fraction of sp³-hybridized carbons (Fsp3) is 0.333. The van der Waals surface area contributed by atoms with Gasteiger partial charge in [0.1, 0.15) is 11.5 Å². The van der Waals surface area contributed by atoms with Gasteiger partial charge in [-0.3, -0.25) is 9.78 Å². The van der Waals surface area contributed by atoms with Crippen molar-refractivity contribution in [3.63, 3.8) is 0 Å². The predicted molar refractivity (Wildman–Crippen MR) is 79.0 cm³/mol. The molecular weight excluding hydrogens is 266 g/mol. The van der Waals surface area contributed by atoms with Crippen LogP contribution in [0, 0.1) is 0 Å². The molecule has 3 heterocycles. The summed E-state index contributed by atoms with van der Waals surface area (Å²) in [6, 6.07) is 5.44. The number of pyridine rings is 1. The van der Waals surface area contributed by atoms with Crippen molar-refractivity contribution in [3.05, 3.63) is 48.2 Å². The minimum atomic E-state index is -0.488. The average Bonchev–Trinajstić information content (AvgIpc) is 2.56. The van der Waals surface area contributed by atoms with Gasteiger partial charge in [0, 0.05) is 37.1 Å². The molecule has 2 N–H and O–H groups in total.